The van der Waals surface area contributed by atoms with Crippen LogP contribution in [0.3, 0.4) is 0 Å². The molecule has 2 heterocycles. The van der Waals surface area contributed by atoms with Crippen molar-refractivity contribution in [3.8, 4) is 0 Å². The molecule has 0 aliphatic carbocycles. The number of aliphatic hydroxyl groups is 1. The fourth-order valence-corrected chi connectivity index (χ4v) is 3.00. The normalized spacial score (nSPS) is 40.9. The Hall–Kier alpha value is -0.940. The molecular formula is C15H20O4. The maximum absolute atomic E-state index is 10.9. The van der Waals surface area contributed by atoms with Crippen LogP contribution in [-0.4, -0.2) is 29.7 Å². The van der Waals surface area contributed by atoms with Crippen molar-refractivity contribution in [3.63, 3.8) is 0 Å². The zero-order valence-corrected chi connectivity index (χ0v) is 11.5. The van der Waals surface area contributed by atoms with E-state index in [0.717, 1.165) is 5.56 Å². The van der Waals surface area contributed by atoms with Crippen LogP contribution in [0.2, 0.25) is 0 Å². The van der Waals surface area contributed by atoms with Gasteiger partial charge in [0, 0.05) is 11.5 Å². The highest BCUT2D eigenvalue weighted by Crippen LogP contribution is 2.44. The molecule has 0 spiro atoms. The first-order valence-electron chi connectivity index (χ1n) is 6.70. The van der Waals surface area contributed by atoms with Crippen molar-refractivity contribution in [1.82, 2.24) is 0 Å². The summed E-state index contributed by atoms with van der Waals surface area (Å²) in [4.78, 5) is 0. The highest BCUT2D eigenvalue weighted by molar-refractivity contribution is 5.22. The van der Waals surface area contributed by atoms with E-state index < -0.39 is 11.6 Å². The summed E-state index contributed by atoms with van der Waals surface area (Å²) in [6.07, 6.45) is -0.275. The quantitative estimate of drug-likeness (QED) is 0.843. The van der Waals surface area contributed by atoms with Gasteiger partial charge in [-0.1, -0.05) is 37.3 Å². The molecule has 104 valence electrons. The van der Waals surface area contributed by atoms with Gasteiger partial charge in [0.05, 0.1) is 12.7 Å². The first-order chi connectivity index (χ1) is 8.92. The Morgan fingerprint density at radius 3 is 2.53 bits per heavy atom. The van der Waals surface area contributed by atoms with Crippen LogP contribution in [0.5, 0.6) is 0 Å². The fourth-order valence-electron chi connectivity index (χ4n) is 3.00. The monoisotopic (exact) mass is 264 g/mol. The highest BCUT2D eigenvalue weighted by Gasteiger charge is 2.55. The fraction of sp³-hybridized carbons (Fsp3) is 0.600. The molecule has 2 aliphatic rings. The van der Waals surface area contributed by atoms with Gasteiger partial charge in [-0.25, -0.2) is 0 Å². The number of rotatable bonds is 1. The second kappa shape index (κ2) is 4.28. The summed E-state index contributed by atoms with van der Waals surface area (Å²) in [7, 11) is 0. The van der Waals surface area contributed by atoms with Gasteiger partial charge in [-0.3, -0.25) is 0 Å². The first-order valence-corrected chi connectivity index (χ1v) is 6.70. The largest absolute Gasteiger partial charge is 0.361 e. The Kier molecular flexibility index (Phi) is 2.94. The zero-order chi connectivity index (χ0) is 13.7. The lowest BCUT2D eigenvalue weighted by molar-refractivity contribution is -0.293. The van der Waals surface area contributed by atoms with Gasteiger partial charge in [0.25, 0.3) is 0 Å². The Morgan fingerprint density at radius 2 is 1.84 bits per heavy atom. The first kappa shape index (κ1) is 13.1. The van der Waals surface area contributed by atoms with Crippen LogP contribution in [0.25, 0.3) is 0 Å². The third-order valence-corrected chi connectivity index (χ3v) is 3.99. The maximum atomic E-state index is 10.9. The van der Waals surface area contributed by atoms with Crippen molar-refractivity contribution in [3.05, 3.63) is 35.9 Å². The Labute approximate surface area is 113 Å². The molecule has 0 bridgehead atoms. The molecule has 0 aromatic heterocycles. The Morgan fingerprint density at radius 1 is 1.16 bits per heavy atom. The summed E-state index contributed by atoms with van der Waals surface area (Å²) in [5, 5.41) is 10.9. The molecule has 2 fully saturated rings. The van der Waals surface area contributed by atoms with E-state index in [1.807, 2.05) is 51.1 Å². The van der Waals surface area contributed by atoms with E-state index in [1.54, 1.807) is 0 Å². The number of hydrogen-bond acceptors (Lipinski definition) is 4. The minimum absolute atomic E-state index is 0.117. The van der Waals surface area contributed by atoms with E-state index in [2.05, 4.69) is 0 Å². The summed E-state index contributed by atoms with van der Waals surface area (Å²) in [6.45, 7) is 6.05. The summed E-state index contributed by atoms with van der Waals surface area (Å²) < 4.78 is 17.4. The zero-order valence-electron chi connectivity index (χ0n) is 11.5. The molecule has 1 aromatic carbocycles. The standard InChI is InChI=1S/C15H20O4/c1-10-13-12(18-14(2,3)19-13)9-17-15(10,16)11-7-5-4-6-8-11/h4-8,10,12-13,16H,9H2,1-3H3/t10-,12+,13-,15?/m1/s1. The maximum Gasteiger partial charge on any atom is 0.197 e. The smallest absolute Gasteiger partial charge is 0.197 e. The molecule has 1 aromatic rings. The molecule has 1 unspecified atom stereocenters. The molecule has 0 saturated carbocycles. The van der Waals surface area contributed by atoms with E-state index in [0.29, 0.717) is 6.61 Å². The van der Waals surface area contributed by atoms with Crippen molar-refractivity contribution < 1.29 is 19.3 Å². The summed E-state index contributed by atoms with van der Waals surface area (Å²) >= 11 is 0. The topological polar surface area (TPSA) is 47.9 Å². The van der Waals surface area contributed by atoms with Gasteiger partial charge in [-0.2, -0.15) is 0 Å². The third-order valence-electron chi connectivity index (χ3n) is 3.99. The molecule has 2 aliphatic heterocycles. The molecule has 1 N–H and O–H groups in total. The van der Waals surface area contributed by atoms with Gasteiger partial charge in [-0.15, -0.1) is 0 Å². The molecule has 3 rings (SSSR count). The van der Waals surface area contributed by atoms with Crippen LogP contribution >= 0.6 is 0 Å². The van der Waals surface area contributed by atoms with Crippen molar-refractivity contribution in [1.29, 1.82) is 0 Å². The van der Waals surface area contributed by atoms with Gasteiger partial charge in [0.15, 0.2) is 11.6 Å². The lowest BCUT2D eigenvalue weighted by Gasteiger charge is -2.42. The van der Waals surface area contributed by atoms with E-state index in [-0.39, 0.29) is 18.1 Å². The number of hydrogen-bond donors (Lipinski definition) is 1. The van der Waals surface area contributed by atoms with Crippen molar-refractivity contribution in [2.75, 3.05) is 6.61 Å². The molecular weight excluding hydrogens is 244 g/mol. The van der Waals surface area contributed by atoms with Gasteiger partial charge in [-0.05, 0) is 13.8 Å². The Bertz CT molecular complexity index is 458. The summed E-state index contributed by atoms with van der Waals surface area (Å²) in [6, 6.07) is 9.45. The molecule has 2 saturated heterocycles. The third kappa shape index (κ3) is 2.09. The average Bonchev–Trinajstić information content (AvgIpc) is 2.71. The predicted molar refractivity (Wildman–Crippen MR) is 69.3 cm³/mol. The van der Waals surface area contributed by atoms with Crippen LogP contribution in [-0.2, 0) is 20.0 Å². The van der Waals surface area contributed by atoms with Crippen molar-refractivity contribution in [2.45, 2.75) is 44.6 Å². The van der Waals surface area contributed by atoms with E-state index in [9.17, 15) is 5.11 Å². The molecule has 4 heteroatoms. The van der Waals surface area contributed by atoms with Crippen LogP contribution in [0.4, 0.5) is 0 Å². The van der Waals surface area contributed by atoms with Gasteiger partial charge < -0.3 is 19.3 Å². The van der Waals surface area contributed by atoms with Gasteiger partial charge in [0.2, 0.25) is 0 Å². The Balaban J connectivity index is 1.90. The predicted octanol–water partition coefficient (Wildman–Crippen LogP) is 2.02. The molecule has 4 nitrogen and oxygen atoms in total. The molecule has 0 radical (unpaired) electrons. The summed E-state index contributed by atoms with van der Waals surface area (Å²) in [5.41, 5.74) is 0.759. The van der Waals surface area contributed by atoms with Crippen LogP contribution in [0, 0.1) is 5.92 Å². The van der Waals surface area contributed by atoms with Crippen LogP contribution in [0.1, 0.15) is 26.3 Å². The van der Waals surface area contributed by atoms with Gasteiger partial charge >= 0.3 is 0 Å². The van der Waals surface area contributed by atoms with Crippen LogP contribution < -0.4 is 0 Å². The van der Waals surface area contributed by atoms with E-state index in [1.165, 1.54) is 0 Å². The van der Waals surface area contributed by atoms with Crippen molar-refractivity contribution >= 4 is 0 Å². The van der Waals surface area contributed by atoms with Crippen LogP contribution in [0.15, 0.2) is 30.3 Å². The minimum atomic E-state index is -1.31. The molecule has 0 amide bonds. The molecule has 4 atom stereocenters. The SMILES string of the molecule is C[C@@H]1[C@H]2OC(C)(C)O[C@H]2COC1(O)c1ccccc1. The summed E-state index contributed by atoms with van der Waals surface area (Å²) in [5.74, 6) is -2.13. The van der Waals surface area contributed by atoms with Crippen molar-refractivity contribution in [2.24, 2.45) is 5.92 Å². The molecule has 19 heavy (non-hydrogen) atoms. The number of benzene rings is 1. The van der Waals surface area contributed by atoms with E-state index >= 15 is 0 Å². The lowest BCUT2D eigenvalue weighted by atomic mass is 9.84. The average molecular weight is 264 g/mol. The second-order valence-corrected chi connectivity index (χ2v) is 5.80. The lowest BCUT2D eigenvalue weighted by Crippen LogP contribution is -2.53. The number of fused-ring (bicyclic) bond motifs is 1. The second-order valence-electron chi connectivity index (χ2n) is 5.80. The van der Waals surface area contributed by atoms with E-state index in [4.69, 9.17) is 14.2 Å². The minimum Gasteiger partial charge on any atom is -0.361 e. The highest BCUT2D eigenvalue weighted by atomic mass is 16.8. The van der Waals surface area contributed by atoms with Gasteiger partial charge in [0.1, 0.15) is 6.10 Å². The number of ether oxygens (including phenoxy) is 3.